The van der Waals surface area contributed by atoms with Crippen molar-refractivity contribution >= 4 is 35.2 Å². The van der Waals surface area contributed by atoms with Gasteiger partial charge in [-0.1, -0.05) is 61.8 Å². The van der Waals surface area contributed by atoms with Crippen LogP contribution in [0.2, 0.25) is 5.02 Å². The van der Waals surface area contributed by atoms with Crippen molar-refractivity contribution in [2.24, 2.45) is 0 Å². The summed E-state index contributed by atoms with van der Waals surface area (Å²) in [5, 5.41) is 3.36. The molecule has 0 fully saturated rings. The van der Waals surface area contributed by atoms with Crippen molar-refractivity contribution in [2.45, 2.75) is 57.9 Å². The minimum Gasteiger partial charge on any atom is -0.352 e. The lowest BCUT2D eigenvalue weighted by molar-refractivity contribution is -0.139. The first kappa shape index (κ1) is 26.2. The van der Waals surface area contributed by atoms with E-state index in [1.807, 2.05) is 51.1 Å². The van der Waals surface area contributed by atoms with Gasteiger partial charge in [0.1, 0.15) is 11.9 Å². The molecule has 0 saturated carbocycles. The molecule has 2 aromatic rings. The van der Waals surface area contributed by atoms with Gasteiger partial charge in [0.05, 0.1) is 5.75 Å². The SMILES string of the molecule is CCC(C)NC(=O)C(CC)N(CCc1ccccc1)C(=O)CSCc1c(F)cccc1Cl. The van der Waals surface area contributed by atoms with Crippen LogP contribution in [0, 0.1) is 5.82 Å². The molecule has 7 heteroatoms. The number of nitrogens with one attached hydrogen (secondary N) is 1. The summed E-state index contributed by atoms with van der Waals surface area (Å²) < 4.78 is 14.0. The monoisotopic (exact) mass is 478 g/mol. The first-order valence-electron chi connectivity index (χ1n) is 11.0. The van der Waals surface area contributed by atoms with Gasteiger partial charge in [-0.2, -0.15) is 0 Å². The molecule has 0 aliphatic rings. The van der Waals surface area contributed by atoms with E-state index in [4.69, 9.17) is 11.6 Å². The molecule has 0 aliphatic carbocycles. The van der Waals surface area contributed by atoms with Crippen LogP contribution in [0.3, 0.4) is 0 Å². The summed E-state index contributed by atoms with van der Waals surface area (Å²) in [5.74, 6) is -0.209. The highest BCUT2D eigenvalue weighted by Gasteiger charge is 2.28. The Morgan fingerprint density at radius 1 is 1.09 bits per heavy atom. The molecular formula is C25H32ClFN2O2S. The van der Waals surface area contributed by atoms with Gasteiger partial charge in [0.2, 0.25) is 11.8 Å². The molecule has 0 saturated heterocycles. The molecule has 2 rings (SSSR count). The molecular weight excluding hydrogens is 447 g/mol. The fraction of sp³-hybridized carbons (Fsp3) is 0.440. The van der Waals surface area contributed by atoms with Gasteiger partial charge in [-0.25, -0.2) is 4.39 Å². The average molecular weight is 479 g/mol. The molecule has 2 atom stereocenters. The Labute approximate surface area is 199 Å². The molecule has 0 radical (unpaired) electrons. The maximum Gasteiger partial charge on any atom is 0.243 e. The van der Waals surface area contributed by atoms with Crippen LogP contribution >= 0.6 is 23.4 Å². The average Bonchev–Trinajstić information content (AvgIpc) is 2.78. The van der Waals surface area contributed by atoms with E-state index in [-0.39, 0.29) is 29.4 Å². The topological polar surface area (TPSA) is 49.4 Å². The lowest BCUT2D eigenvalue weighted by Gasteiger charge is -2.31. The number of rotatable bonds is 12. The molecule has 4 nitrogen and oxygen atoms in total. The van der Waals surface area contributed by atoms with Crippen molar-refractivity contribution in [3.05, 3.63) is 70.5 Å². The van der Waals surface area contributed by atoms with Gasteiger partial charge in [0, 0.05) is 28.9 Å². The minimum absolute atomic E-state index is 0.0419. The zero-order valence-electron chi connectivity index (χ0n) is 18.9. The smallest absolute Gasteiger partial charge is 0.243 e. The molecule has 0 aromatic heterocycles. The van der Waals surface area contributed by atoms with Gasteiger partial charge in [-0.3, -0.25) is 9.59 Å². The van der Waals surface area contributed by atoms with E-state index in [0.29, 0.717) is 35.7 Å². The zero-order valence-corrected chi connectivity index (χ0v) is 20.5. The summed E-state index contributed by atoms with van der Waals surface area (Å²) >= 11 is 7.40. The van der Waals surface area contributed by atoms with Gasteiger partial charge in [0.15, 0.2) is 0 Å². The fourth-order valence-electron chi connectivity index (χ4n) is 3.33. The lowest BCUT2D eigenvalue weighted by Crippen LogP contribution is -2.52. The van der Waals surface area contributed by atoms with Crippen LogP contribution in [-0.4, -0.2) is 41.1 Å². The normalized spacial score (nSPS) is 12.8. The Hall–Kier alpha value is -2.05. The van der Waals surface area contributed by atoms with Crippen LogP contribution in [0.1, 0.15) is 44.7 Å². The summed E-state index contributed by atoms with van der Waals surface area (Å²) in [7, 11) is 0. The van der Waals surface area contributed by atoms with Gasteiger partial charge in [-0.15, -0.1) is 11.8 Å². The second-order valence-electron chi connectivity index (χ2n) is 7.76. The van der Waals surface area contributed by atoms with Gasteiger partial charge in [0.25, 0.3) is 0 Å². The Kier molecular flexibility index (Phi) is 11.0. The largest absolute Gasteiger partial charge is 0.352 e. The maximum atomic E-state index is 14.0. The van der Waals surface area contributed by atoms with E-state index in [1.165, 1.54) is 17.8 Å². The predicted molar refractivity (Wildman–Crippen MR) is 131 cm³/mol. The highest BCUT2D eigenvalue weighted by Crippen LogP contribution is 2.24. The standard InChI is InChI=1S/C25H32ClFN2O2S/c1-4-18(3)28-25(31)23(5-2)29(15-14-19-10-7-6-8-11-19)24(30)17-32-16-20-21(26)12-9-13-22(20)27/h6-13,18,23H,4-5,14-17H2,1-3H3,(H,28,31). The molecule has 2 amide bonds. The second kappa shape index (κ2) is 13.5. The fourth-order valence-corrected chi connectivity index (χ4v) is 4.58. The van der Waals surface area contributed by atoms with E-state index < -0.39 is 6.04 Å². The van der Waals surface area contributed by atoms with Crippen molar-refractivity contribution in [1.29, 1.82) is 0 Å². The first-order chi connectivity index (χ1) is 15.4. The molecule has 0 bridgehead atoms. The van der Waals surface area contributed by atoms with Crippen LogP contribution in [-0.2, 0) is 21.8 Å². The minimum atomic E-state index is -0.544. The van der Waals surface area contributed by atoms with E-state index in [0.717, 1.165) is 12.0 Å². The van der Waals surface area contributed by atoms with E-state index in [2.05, 4.69) is 5.32 Å². The highest BCUT2D eigenvalue weighted by atomic mass is 35.5. The Morgan fingerprint density at radius 3 is 2.44 bits per heavy atom. The summed E-state index contributed by atoms with van der Waals surface area (Å²) in [4.78, 5) is 27.8. The van der Waals surface area contributed by atoms with Gasteiger partial charge in [-0.05, 0) is 43.9 Å². The van der Waals surface area contributed by atoms with Crippen molar-refractivity contribution < 1.29 is 14.0 Å². The molecule has 2 aromatic carbocycles. The first-order valence-corrected chi connectivity index (χ1v) is 12.5. The van der Waals surface area contributed by atoms with Crippen LogP contribution in [0.25, 0.3) is 0 Å². The van der Waals surface area contributed by atoms with E-state index in [9.17, 15) is 14.0 Å². The highest BCUT2D eigenvalue weighted by molar-refractivity contribution is 7.99. The number of halogens is 2. The number of thioether (sulfide) groups is 1. The Bertz CT molecular complexity index is 861. The maximum absolute atomic E-state index is 14.0. The molecule has 0 heterocycles. The number of nitrogens with zero attached hydrogens (tertiary/aromatic N) is 1. The van der Waals surface area contributed by atoms with Gasteiger partial charge < -0.3 is 10.2 Å². The summed E-state index contributed by atoms with van der Waals surface area (Å²) in [6, 6.07) is 14.0. The lowest BCUT2D eigenvalue weighted by atomic mass is 10.1. The summed E-state index contributed by atoms with van der Waals surface area (Å²) in [6.45, 7) is 6.32. The number of benzene rings is 2. The number of carbonyl (C=O) groups excluding carboxylic acids is 2. The zero-order chi connectivity index (χ0) is 23.5. The molecule has 2 unspecified atom stereocenters. The molecule has 32 heavy (non-hydrogen) atoms. The van der Waals surface area contributed by atoms with Crippen LogP contribution in [0.15, 0.2) is 48.5 Å². The number of amides is 2. The Balaban J connectivity index is 2.10. The number of hydrogen-bond acceptors (Lipinski definition) is 3. The van der Waals surface area contributed by atoms with E-state index in [1.54, 1.807) is 17.0 Å². The quantitative estimate of drug-likeness (QED) is 0.439. The van der Waals surface area contributed by atoms with Crippen molar-refractivity contribution in [3.63, 3.8) is 0 Å². The van der Waals surface area contributed by atoms with E-state index >= 15 is 0 Å². The van der Waals surface area contributed by atoms with Gasteiger partial charge >= 0.3 is 0 Å². The third-order valence-corrected chi connectivity index (χ3v) is 6.70. The summed E-state index contributed by atoms with van der Waals surface area (Å²) in [5.41, 5.74) is 1.50. The molecule has 174 valence electrons. The van der Waals surface area contributed by atoms with Crippen LogP contribution in [0.4, 0.5) is 4.39 Å². The third-order valence-electron chi connectivity index (χ3n) is 5.40. The number of carbonyl (C=O) groups is 2. The predicted octanol–water partition coefficient (Wildman–Crippen LogP) is 5.48. The van der Waals surface area contributed by atoms with Crippen LogP contribution < -0.4 is 5.32 Å². The van der Waals surface area contributed by atoms with Crippen molar-refractivity contribution in [2.75, 3.05) is 12.3 Å². The molecule has 0 aliphatic heterocycles. The van der Waals surface area contributed by atoms with Crippen molar-refractivity contribution in [1.82, 2.24) is 10.2 Å². The number of hydrogen-bond donors (Lipinski definition) is 1. The second-order valence-corrected chi connectivity index (χ2v) is 9.15. The molecule has 0 spiro atoms. The van der Waals surface area contributed by atoms with Crippen molar-refractivity contribution in [3.8, 4) is 0 Å². The van der Waals surface area contributed by atoms with Crippen LogP contribution in [0.5, 0.6) is 0 Å². The third kappa shape index (κ3) is 7.82. The molecule has 1 N–H and O–H groups in total. The summed E-state index contributed by atoms with van der Waals surface area (Å²) in [6.07, 6.45) is 2.00. The Morgan fingerprint density at radius 2 is 1.81 bits per heavy atom.